The fourth-order valence-corrected chi connectivity index (χ4v) is 4.34. The number of methoxy groups -OCH3 is 1. The van der Waals surface area contributed by atoms with Crippen LogP contribution in [0, 0.1) is 12.7 Å². The van der Waals surface area contributed by atoms with Crippen LogP contribution in [0.4, 0.5) is 4.39 Å². The lowest BCUT2D eigenvalue weighted by Gasteiger charge is -2.41. The number of amidine groups is 1. The van der Waals surface area contributed by atoms with Gasteiger partial charge < -0.3 is 18.9 Å². The zero-order valence-corrected chi connectivity index (χ0v) is 20.4. The van der Waals surface area contributed by atoms with E-state index in [1.807, 2.05) is 66.8 Å². The van der Waals surface area contributed by atoms with E-state index in [4.69, 9.17) is 9.47 Å². The van der Waals surface area contributed by atoms with Gasteiger partial charge in [-0.3, -0.25) is 4.79 Å². The number of imidazole rings is 1. The van der Waals surface area contributed by atoms with Gasteiger partial charge >= 0.3 is 0 Å². The molecule has 0 radical (unpaired) electrons. The highest BCUT2D eigenvalue weighted by Gasteiger charge is 2.53. The monoisotopic (exact) mass is 476 g/mol. The molecule has 2 aromatic carbocycles. The number of hydrogen-bond acceptors (Lipinski definition) is 5. The molecule has 2 aliphatic rings. The Kier molecular flexibility index (Phi) is 7.12. The van der Waals surface area contributed by atoms with E-state index in [-0.39, 0.29) is 18.3 Å². The van der Waals surface area contributed by atoms with Gasteiger partial charge in [-0.2, -0.15) is 4.99 Å². The Hall–Kier alpha value is -3.78. The molecular weight excluding hydrogens is 447 g/mol. The van der Waals surface area contributed by atoms with Gasteiger partial charge in [0, 0.05) is 12.7 Å². The number of aliphatic imine (C=N–C) groups is 1. The summed E-state index contributed by atoms with van der Waals surface area (Å²) in [7, 11) is 1.63. The van der Waals surface area contributed by atoms with E-state index in [1.165, 1.54) is 12.1 Å². The van der Waals surface area contributed by atoms with Gasteiger partial charge in [-0.1, -0.05) is 38.1 Å². The topological polar surface area (TPSA) is 69.0 Å². The summed E-state index contributed by atoms with van der Waals surface area (Å²) in [6.45, 7) is 7.09. The minimum Gasteiger partial charge on any atom is -0.495 e. The number of carbonyl (C=O) groups excluding carboxylic acids is 1. The summed E-state index contributed by atoms with van der Waals surface area (Å²) in [5.74, 6) is 0.594. The lowest BCUT2D eigenvalue weighted by Crippen LogP contribution is -2.56. The predicted molar refractivity (Wildman–Crippen MR) is 133 cm³/mol. The number of fused-ring (bicyclic) bond motifs is 1. The maximum atomic E-state index is 13.5. The Morgan fingerprint density at radius 2 is 1.91 bits per heavy atom. The number of benzene rings is 2. The van der Waals surface area contributed by atoms with Crippen LogP contribution in [0.5, 0.6) is 5.75 Å². The van der Waals surface area contributed by atoms with Gasteiger partial charge in [0.15, 0.2) is 5.54 Å². The van der Waals surface area contributed by atoms with Crippen molar-refractivity contribution in [3.63, 3.8) is 0 Å². The highest BCUT2D eigenvalue weighted by atomic mass is 19.1. The first-order valence-corrected chi connectivity index (χ1v) is 11.6. The Morgan fingerprint density at radius 3 is 2.60 bits per heavy atom. The summed E-state index contributed by atoms with van der Waals surface area (Å²) in [5, 5.41) is 0. The maximum Gasteiger partial charge on any atom is 0.280 e. The minimum absolute atomic E-state index is 0.172. The van der Waals surface area contributed by atoms with Crippen molar-refractivity contribution in [3.8, 4) is 11.4 Å². The van der Waals surface area contributed by atoms with Crippen molar-refractivity contribution >= 4 is 17.8 Å². The molecule has 1 fully saturated rings. The van der Waals surface area contributed by atoms with Gasteiger partial charge in [0.2, 0.25) is 0 Å². The molecule has 5 rings (SSSR count). The van der Waals surface area contributed by atoms with Crippen LogP contribution in [0.3, 0.4) is 0 Å². The number of carbonyl (C=O) groups is 1. The molecule has 0 N–H and O–H groups in total. The van der Waals surface area contributed by atoms with Crippen LogP contribution in [0.25, 0.3) is 11.8 Å². The van der Waals surface area contributed by atoms with Crippen molar-refractivity contribution in [2.24, 2.45) is 4.99 Å². The molecule has 35 heavy (non-hydrogen) atoms. The molecule has 0 spiro atoms. The normalized spacial score (nSPS) is 19.3. The van der Waals surface area contributed by atoms with Crippen LogP contribution in [0.2, 0.25) is 0 Å². The second-order valence-electron chi connectivity index (χ2n) is 8.03. The second-order valence-corrected chi connectivity index (χ2v) is 8.03. The average Bonchev–Trinajstić information content (AvgIpc) is 3.45. The highest BCUT2D eigenvalue weighted by Crippen LogP contribution is 2.38. The van der Waals surface area contributed by atoms with E-state index in [0.29, 0.717) is 30.3 Å². The maximum absolute atomic E-state index is 13.5. The number of amides is 1. The lowest BCUT2D eigenvalue weighted by molar-refractivity contribution is -0.134. The number of aryl methyl sites for hydroxylation is 1. The van der Waals surface area contributed by atoms with Gasteiger partial charge in [-0.25, -0.2) is 9.37 Å². The fourth-order valence-electron chi connectivity index (χ4n) is 4.34. The van der Waals surface area contributed by atoms with Gasteiger partial charge in [0.25, 0.3) is 5.91 Å². The van der Waals surface area contributed by atoms with E-state index in [1.54, 1.807) is 25.6 Å². The SMILES string of the molecule is CC.COc1cc(/C=C/C2=NC(=O)C3(c4ccc(F)cc4)COCCN23)ccc1-n1cnc(C)c1. The third kappa shape index (κ3) is 4.49. The van der Waals surface area contributed by atoms with Crippen LogP contribution in [-0.2, 0) is 15.1 Å². The number of aromatic nitrogens is 2. The first-order chi connectivity index (χ1) is 17.0. The number of nitrogens with zero attached hydrogens (tertiary/aromatic N) is 4. The molecule has 0 saturated carbocycles. The van der Waals surface area contributed by atoms with Gasteiger partial charge in [-0.05, 0) is 48.4 Å². The van der Waals surface area contributed by atoms with E-state index < -0.39 is 5.54 Å². The molecule has 1 saturated heterocycles. The molecule has 3 aromatic rings. The van der Waals surface area contributed by atoms with Crippen molar-refractivity contribution < 1.29 is 18.7 Å². The van der Waals surface area contributed by atoms with Crippen molar-refractivity contribution in [2.75, 3.05) is 26.9 Å². The summed E-state index contributed by atoms with van der Waals surface area (Å²) in [6, 6.07) is 11.8. The van der Waals surface area contributed by atoms with E-state index >= 15 is 0 Å². The molecule has 1 aromatic heterocycles. The number of hydrogen-bond donors (Lipinski definition) is 0. The standard InChI is InChI=1S/C25H23FN4O3.C2H6/c1-17-14-29(16-27-17)21-9-3-18(13-22(21)32-2)4-10-23-28-24(31)25(15-33-12-11-30(23)25)19-5-7-20(26)8-6-19;1-2/h3-10,13-14,16H,11-12,15H2,1-2H3;1-2H3/b10-4+;. The first kappa shape index (κ1) is 24.3. The highest BCUT2D eigenvalue weighted by molar-refractivity contribution is 6.12. The van der Waals surface area contributed by atoms with Crippen LogP contribution >= 0.6 is 0 Å². The summed E-state index contributed by atoms with van der Waals surface area (Å²) >= 11 is 0. The summed E-state index contributed by atoms with van der Waals surface area (Å²) in [6.07, 6.45) is 7.40. The van der Waals surface area contributed by atoms with Gasteiger partial charge in [0.05, 0.1) is 38.0 Å². The summed E-state index contributed by atoms with van der Waals surface area (Å²) in [4.78, 5) is 23.6. The Morgan fingerprint density at radius 1 is 1.14 bits per heavy atom. The Bertz CT molecular complexity index is 1270. The van der Waals surface area contributed by atoms with Crippen LogP contribution < -0.4 is 4.74 Å². The Balaban J connectivity index is 0.00000141. The van der Waals surface area contributed by atoms with E-state index in [9.17, 15) is 9.18 Å². The first-order valence-electron chi connectivity index (χ1n) is 11.6. The molecule has 2 aliphatic heterocycles. The molecule has 1 atom stereocenters. The summed E-state index contributed by atoms with van der Waals surface area (Å²) < 4.78 is 26.6. The largest absolute Gasteiger partial charge is 0.495 e. The molecule has 182 valence electrons. The molecule has 0 aliphatic carbocycles. The second kappa shape index (κ2) is 10.2. The molecule has 7 nitrogen and oxygen atoms in total. The average molecular weight is 477 g/mol. The van der Waals surface area contributed by atoms with Crippen LogP contribution in [0.15, 0.2) is 66.1 Å². The van der Waals surface area contributed by atoms with Gasteiger partial charge in [0.1, 0.15) is 17.4 Å². The number of ether oxygens (including phenoxy) is 2. The van der Waals surface area contributed by atoms with Crippen LogP contribution in [-0.4, -0.2) is 53.1 Å². The molecular formula is C27H29FN4O3. The molecule has 1 amide bonds. The predicted octanol–water partition coefficient (Wildman–Crippen LogP) is 4.53. The van der Waals surface area contributed by atoms with Crippen molar-refractivity contribution in [3.05, 3.63) is 83.7 Å². The van der Waals surface area contributed by atoms with E-state index in [2.05, 4.69) is 9.98 Å². The fraction of sp³-hybridized carbons (Fsp3) is 0.296. The minimum atomic E-state index is -1.06. The zero-order chi connectivity index (χ0) is 25.0. The molecule has 1 unspecified atom stereocenters. The summed E-state index contributed by atoms with van der Waals surface area (Å²) in [5.41, 5.74) is 2.30. The molecule has 0 bridgehead atoms. The number of halogens is 1. The Labute approximate surface area is 204 Å². The van der Waals surface area contributed by atoms with Crippen LogP contribution in [0.1, 0.15) is 30.7 Å². The molecule has 3 heterocycles. The van der Waals surface area contributed by atoms with Crippen molar-refractivity contribution in [2.45, 2.75) is 26.3 Å². The quantitative estimate of drug-likeness (QED) is 0.541. The third-order valence-corrected chi connectivity index (χ3v) is 6.02. The molecule has 8 heteroatoms. The van der Waals surface area contributed by atoms with E-state index in [0.717, 1.165) is 16.9 Å². The van der Waals surface area contributed by atoms with Crippen molar-refractivity contribution in [1.82, 2.24) is 14.5 Å². The smallest absolute Gasteiger partial charge is 0.280 e. The third-order valence-electron chi connectivity index (χ3n) is 6.02. The zero-order valence-electron chi connectivity index (χ0n) is 20.4. The number of rotatable bonds is 5. The van der Waals surface area contributed by atoms with Crippen molar-refractivity contribution in [1.29, 1.82) is 0 Å². The number of morpholine rings is 1. The van der Waals surface area contributed by atoms with Gasteiger partial charge in [-0.15, -0.1) is 0 Å². The lowest BCUT2D eigenvalue weighted by atomic mass is 9.87.